The second-order valence-corrected chi connectivity index (χ2v) is 4.00. The summed E-state index contributed by atoms with van der Waals surface area (Å²) < 4.78 is 1.55. The topological polar surface area (TPSA) is 54.3 Å². The van der Waals surface area contributed by atoms with Gasteiger partial charge in [0.15, 0.2) is 5.69 Å². The lowest BCUT2D eigenvalue weighted by Gasteiger charge is -2.33. The van der Waals surface area contributed by atoms with Crippen molar-refractivity contribution in [3.8, 4) is 0 Å². The number of piperazine rings is 1. The van der Waals surface area contributed by atoms with Gasteiger partial charge in [-0.1, -0.05) is 12.1 Å². The standard InChI is InChI=1S/C10H17N5O/c1-3-14-4-6-15(7-5-14)10(16)9-8-13(2)12-11-9/h8H,3-7H2,1-2H3. The molecule has 0 bridgehead atoms. The van der Waals surface area contributed by atoms with Crippen molar-refractivity contribution in [1.29, 1.82) is 0 Å². The summed E-state index contributed by atoms with van der Waals surface area (Å²) in [6, 6.07) is 0. The first-order chi connectivity index (χ1) is 7.70. The molecule has 6 nitrogen and oxygen atoms in total. The van der Waals surface area contributed by atoms with Gasteiger partial charge in [0.2, 0.25) is 0 Å². The number of aryl methyl sites for hydroxylation is 1. The summed E-state index contributed by atoms with van der Waals surface area (Å²) in [5, 5.41) is 7.61. The number of carbonyl (C=O) groups excluding carboxylic acids is 1. The van der Waals surface area contributed by atoms with Gasteiger partial charge in [0.1, 0.15) is 0 Å². The first-order valence-electron chi connectivity index (χ1n) is 5.58. The number of likely N-dealkylation sites (N-methyl/N-ethyl adjacent to an activating group) is 1. The third kappa shape index (κ3) is 2.21. The van der Waals surface area contributed by atoms with Crippen molar-refractivity contribution < 1.29 is 4.79 Å². The fourth-order valence-electron chi connectivity index (χ4n) is 1.87. The molecule has 1 aliphatic heterocycles. The lowest BCUT2D eigenvalue weighted by Crippen LogP contribution is -2.48. The van der Waals surface area contributed by atoms with E-state index in [0.29, 0.717) is 5.69 Å². The lowest BCUT2D eigenvalue weighted by molar-refractivity contribution is 0.0637. The van der Waals surface area contributed by atoms with Gasteiger partial charge < -0.3 is 9.80 Å². The molecular weight excluding hydrogens is 206 g/mol. The van der Waals surface area contributed by atoms with E-state index in [-0.39, 0.29) is 5.91 Å². The van der Waals surface area contributed by atoms with Crippen LogP contribution in [0.5, 0.6) is 0 Å². The highest BCUT2D eigenvalue weighted by Gasteiger charge is 2.22. The second kappa shape index (κ2) is 4.61. The number of aromatic nitrogens is 3. The van der Waals surface area contributed by atoms with Gasteiger partial charge in [-0.3, -0.25) is 9.48 Å². The maximum Gasteiger partial charge on any atom is 0.276 e. The number of carbonyl (C=O) groups is 1. The largest absolute Gasteiger partial charge is 0.335 e. The monoisotopic (exact) mass is 223 g/mol. The first-order valence-corrected chi connectivity index (χ1v) is 5.58. The third-order valence-corrected chi connectivity index (χ3v) is 2.93. The summed E-state index contributed by atoms with van der Waals surface area (Å²) in [5.41, 5.74) is 0.437. The molecule has 2 heterocycles. The van der Waals surface area contributed by atoms with Gasteiger partial charge in [0.25, 0.3) is 5.91 Å². The van der Waals surface area contributed by atoms with Crippen LogP contribution in [-0.2, 0) is 7.05 Å². The molecule has 16 heavy (non-hydrogen) atoms. The molecule has 0 radical (unpaired) electrons. The Labute approximate surface area is 94.8 Å². The van der Waals surface area contributed by atoms with E-state index in [1.54, 1.807) is 17.9 Å². The Morgan fingerprint density at radius 2 is 2.06 bits per heavy atom. The molecule has 1 aliphatic rings. The predicted molar refractivity (Wildman–Crippen MR) is 59.0 cm³/mol. The molecule has 0 aliphatic carbocycles. The van der Waals surface area contributed by atoms with E-state index in [1.165, 1.54) is 0 Å². The smallest absolute Gasteiger partial charge is 0.276 e. The van der Waals surface area contributed by atoms with Crippen LogP contribution in [-0.4, -0.2) is 63.4 Å². The Hall–Kier alpha value is -1.43. The molecule has 0 N–H and O–H groups in total. The summed E-state index contributed by atoms with van der Waals surface area (Å²) in [6.45, 7) is 6.64. The number of nitrogens with zero attached hydrogens (tertiary/aromatic N) is 5. The van der Waals surface area contributed by atoms with Crippen LogP contribution in [0.3, 0.4) is 0 Å². The first kappa shape index (κ1) is 11.1. The van der Waals surface area contributed by atoms with E-state index in [9.17, 15) is 4.79 Å². The molecule has 88 valence electrons. The normalized spacial score (nSPS) is 17.8. The van der Waals surface area contributed by atoms with E-state index < -0.39 is 0 Å². The van der Waals surface area contributed by atoms with Crippen molar-refractivity contribution in [3.63, 3.8) is 0 Å². The Morgan fingerprint density at radius 3 is 2.56 bits per heavy atom. The van der Waals surface area contributed by atoms with Crippen molar-refractivity contribution in [1.82, 2.24) is 24.8 Å². The summed E-state index contributed by atoms with van der Waals surface area (Å²) in [4.78, 5) is 16.2. The van der Waals surface area contributed by atoms with Crippen LogP contribution in [0.4, 0.5) is 0 Å². The Kier molecular flexibility index (Phi) is 3.19. The minimum absolute atomic E-state index is 0.0103. The SMILES string of the molecule is CCN1CCN(C(=O)c2cn(C)nn2)CC1. The molecule has 1 saturated heterocycles. The van der Waals surface area contributed by atoms with Gasteiger partial charge in [-0.25, -0.2) is 0 Å². The van der Waals surface area contributed by atoms with Crippen LogP contribution in [0, 0.1) is 0 Å². The van der Waals surface area contributed by atoms with Gasteiger partial charge in [0.05, 0.1) is 6.20 Å². The third-order valence-electron chi connectivity index (χ3n) is 2.93. The van der Waals surface area contributed by atoms with Gasteiger partial charge in [-0.05, 0) is 6.54 Å². The van der Waals surface area contributed by atoms with Gasteiger partial charge >= 0.3 is 0 Å². The summed E-state index contributed by atoms with van der Waals surface area (Å²) in [6.07, 6.45) is 1.66. The van der Waals surface area contributed by atoms with Gasteiger partial charge in [0, 0.05) is 33.2 Å². The van der Waals surface area contributed by atoms with E-state index in [2.05, 4.69) is 22.1 Å². The van der Waals surface area contributed by atoms with E-state index >= 15 is 0 Å². The summed E-state index contributed by atoms with van der Waals surface area (Å²) >= 11 is 0. The second-order valence-electron chi connectivity index (χ2n) is 4.00. The van der Waals surface area contributed by atoms with Crippen molar-refractivity contribution >= 4 is 5.91 Å². The summed E-state index contributed by atoms with van der Waals surface area (Å²) in [7, 11) is 1.76. The van der Waals surface area contributed by atoms with Crippen LogP contribution in [0.1, 0.15) is 17.4 Å². The lowest BCUT2D eigenvalue weighted by atomic mass is 10.3. The minimum atomic E-state index is -0.0103. The van der Waals surface area contributed by atoms with Crippen molar-refractivity contribution in [2.24, 2.45) is 7.05 Å². The van der Waals surface area contributed by atoms with Crippen LogP contribution in [0.15, 0.2) is 6.20 Å². The van der Waals surface area contributed by atoms with Crippen LogP contribution in [0.2, 0.25) is 0 Å². The number of rotatable bonds is 2. The highest BCUT2D eigenvalue weighted by atomic mass is 16.2. The maximum atomic E-state index is 12.0. The average Bonchev–Trinajstić information content (AvgIpc) is 2.75. The van der Waals surface area contributed by atoms with Gasteiger partial charge in [-0.2, -0.15) is 0 Å². The fourth-order valence-corrected chi connectivity index (χ4v) is 1.87. The molecule has 1 aromatic heterocycles. The molecule has 1 fully saturated rings. The zero-order chi connectivity index (χ0) is 11.5. The molecule has 0 atom stereocenters. The quantitative estimate of drug-likeness (QED) is 0.684. The molecule has 1 aromatic rings. The highest BCUT2D eigenvalue weighted by Crippen LogP contribution is 2.05. The zero-order valence-corrected chi connectivity index (χ0v) is 9.76. The number of hydrogen-bond donors (Lipinski definition) is 0. The van der Waals surface area contributed by atoms with Crippen molar-refractivity contribution in [2.45, 2.75) is 6.92 Å². The maximum absolute atomic E-state index is 12.0. The van der Waals surface area contributed by atoms with E-state index in [4.69, 9.17) is 0 Å². The zero-order valence-electron chi connectivity index (χ0n) is 9.76. The minimum Gasteiger partial charge on any atom is -0.335 e. The Morgan fingerprint density at radius 1 is 1.38 bits per heavy atom. The molecule has 0 saturated carbocycles. The van der Waals surface area contributed by atoms with Crippen LogP contribution >= 0.6 is 0 Å². The molecule has 2 rings (SSSR count). The predicted octanol–water partition coefficient (Wildman–Crippen LogP) is -0.407. The molecule has 0 aromatic carbocycles. The molecule has 1 amide bonds. The number of hydrogen-bond acceptors (Lipinski definition) is 4. The van der Waals surface area contributed by atoms with Crippen LogP contribution < -0.4 is 0 Å². The molecule has 6 heteroatoms. The molecule has 0 spiro atoms. The van der Waals surface area contributed by atoms with Gasteiger partial charge in [-0.15, -0.1) is 5.10 Å². The fraction of sp³-hybridized carbons (Fsp3) is 0.700. The summed E-state index contributed by atoms with van der Waals surface area (Å²) in [5.74, 6) is -0.0103. The molecule has 0 unspecified atom stereocenters. The Balaban J connectivity index is 1.96. The van der Waals surface area contributed by atoms with Crippen molar-refractivity contribution in [2.75, 3.05) is 32.7 Å². The Bertz CT molecular complexity index is 367. The highest BCUT2D eigenvalue weighted by molar-refractivity contribution is 5.92. The van der Waals surface area contributed by atoms with E-state index in [0.717, 1.165) is 32.7 Å². The number of amides is 1. The van der Waals surface area contributed by atoms with Crippen molar-refractivity contribution in [3.05, 3.63) is 11.9 Å². The average molecular weight is 223 g/mol. The van der Waals surface area contributed by atoms with E-state index in [1.807, 2.05) is 4.90 Å². The van der Waals surface area contributed by atoms with Crippen LogP contribution in [0.25, 0.3) is 0 Å². The molecular formula is C10H17N5O.